The average molecular weight is 397 g/mol. The Balaban J connectivity index is 1.24. The fourth-order valence-electron chi connectivity index (χ4n) is 4.17. The van der Waals surface area contributed by atoms with Crippen molar-refractivity contribution in [2.75, 3.05) is 33.3 Å². The molecule has 154 valence electrons. The third kappa shape index (κ3) is 3.86. The maximum atomic E-state index is 13.0. The lowest BCUT2D eigenvalue weighted by atomic mass is 10.0. The van der Waals surface area contributed by atoms with Gasteiger partial charge in [-0.1, -0.05) is 35.5 Å². The Morgan fingerprint density at radius 2 is 2.00 bits per heavy atom. The van der Waals surface area contributed by atoms with Crippen LogP contribution in [0.5, 0.6) is 0 Å². The fraction of sp³-hybridized carbons (Fsp3) is 0.571. The van der Waals surface area contributed by atoms with Crippen molar-refractivity contribution < 1.29 is 14.1 Å². The normalized spacial score (nSPS) is 27.9. The summed E-state index contributed by atoms with van der Waals surface area (Å²) in [6.07, 6.45) is 3.00. The topological polar surface area (TPSA) is 83.7 Å². The molecule has 5 rings (SSSR count). The number of amides is 2. The van der Waals surface area contributed by atoms with E-state index in [2.05, 4.69) is 20.4 Å². The SMILES string of the molecule is CN1CCN(C(=O)N[C@@H]2CCO[C@H]2c2ccccc2)CC1c1nc(C2CC2)no1. The first kappa shape index (κ1) is 18.6. The van der Waals surface area contributed by atoms with Crippen LogP contribution >= 0.6 is 0 Å². The number of hydrogen-bond acceptors (Lipinski definition) is 6. The van der Waals surface area contributed by atoms with Crippen molar-refractivity contribution >= 4 is 6.03 Å². The Bertz CT molecular complexity index is 853. The monoisotopic (exact) mass is 397 g/mol. The predicted molar refractivity (Wildman–Crippen MR) is 105 cm³/mol. The molecular weight excluding hydrogens is 370 g/mol. The molecule has 8 heteroatoms. The molecule has 1 aliphatic carbocycles. The molecule has 3 atom stereocenters. The van der Waals surface area contributed by atoms with Gasteiger partial charge in [-0.2, -0.15) is 4.98 Å². The molecule has 1 aromatic heterocycles. The first-order valence-electron chi connectivity index (χ1n) is 10.4. The number of nitrogens with zero attached hydrogens (tertiary/aromatic N) is 4. The van der Waals surface area contributed by atoms with Gasteiger partial charge in [-0.15, -0.1) is 0 Å². The molecule has 2 amide bonds. The number of benzene rings is 1. The number of nitrogens with one attached hydrogen (secondary N) is 1. The molecule has 3 aliphatic rings. The lowest BCUT2D eigenvalue weighted by Crippen LogP contribution is -2.54. The second-order valence-corrected chi connectivity index (χ2v) is 8.25. The number of urea groups is 1. The molecule has 29 heavy (non-hydrogen) atoms. The van der Waals surface area contributed by atoms with Crippen molar-refractivity contribution in [2.45, 2.75) is 43.4 Å². The number of carbonyl (C=O) groups excluding carboxylic acids is 1. The third-order valence-electron chi connectivity index (χ3n) is 6.15. The van der Waals surface area contributed by atoms with Crippen LogP contribution in [0.1, 0.15) is 54.6 Å². The van der Waals surface area contributed by atoms with E-state index >= 15 is 0 Å². The summed E-state index contributed by atoms with van der Waals surface area (Å²) >= 11 is 0. The van der Waals surface area contributed by atoms with E-state index < -0.39 is 0 Å². The molecule has 0 bridgehead atoms. The van der Waals surface area contributed by atoms with Gasteiger partial charge in [0.25, 0.3) is 0 Å². The molecular formula is C21H27N5O3. The van der Waals surface area contributed by atoms with Gasteiger partial charge >= 0.3 is 6.03 Å². The smallest absolute Gasteiger partial charge is 0.317 e. The summed E-state index contributed by atoms with van der Waals surface area (Å²) in [6.45, 7) is 2.63. The zero-order valence-corrected chi connectivity index (χ0v) is 16.7. The lowest BCUT2D eigenvalue weighted by Gasteiger charge is -2.38. The zero-order valence-electron chi connectivity index (χ0n) is 16.7. The van der Waals surface area contributed by atoms with E-state index in [0.29, 0.717) is 31.5 Å². The van der Waals surface area contributed by atoms with Gasteiger partial charge in [-0.3, -0.25) is 4.90 Å². The Morgan fingerprint density at radius 1 is 1.17 bits per heavy atom. The van der Waals surface area contributed by atoms with Crippen molar-refractivity contribution in [3.05, 3.63) is 47.6 Å². The summed E-state index contributed by atoms with van der Waals surface area (Å²) in [5.41, 5.74) is 1.10. The number of piperazine rings is 1. The number of likely N-dealkylation sites (N-methyl/N-ethyl adjacent to an activating group) is 1. The minimum Gasteiger partial charge on any atom is -0.371 e. The number of aromatic nitrogens is 2. The van der Waals surface area contributed by atoms with Gasteiger partial charge in [0.2, 0.25) is 5.89 Å². The van der Waals surface area contributed by atoms with Crippen LogP contribution in [0.25, 0.3) is 0 Å². The van der Waals surface area contributed by atoms with E-state index in [-0.39, 0.29) is 24.2 Å². The first-order valence-corrected chi connectivity index (χ1v) is 10.4. The maximum Gasteiger partial charge on any atom is 0.317 e. The number of ether oxygens (including phenoxy) is 1. The van der Waals surface area contributed by atoms with E-state index in [1.165, 1.54) is 0 Å². The molecule has 2 aromatic rings. The molecule has 1 aromatic carbocycles. The summed E-state index contributed by atoms with van der Waals surface area (Å²) in [4.78, 5) is 21.6. The van der Waals surface area contributed by atoms with Crippen molar-refractivity contribution in [3.63, 3.8) is 0 Å². The van der Waals surface area contributed by atoms with E-state index in [1.807, 2.05) is 42.3 Å². The fourth-order valence-corrected chi connectivity index (χ4v) is 4.17. The molecule has 3 heterocycles. The highest BCUT2D eigenvalue weighted by molar-refractivity contribution is 5.75. The molecule has 1 saturated carbocycles. The molecule has 0 spiro atoms. The van der Waals surface area contributed by atoms with Gasteiger partial charge in [-0.25, -0.2) is 4.79 Å². The Hall–Kier alpha value is -2.45. The first-order chi connectivity index (χ1) is 14.2. The van der Waals surface area contributed by atoms with Gasteiger partial charge in [0.15, 0.2) is 5.82 Å². The molecule has 8 nitrogen and oxygen atoms in total. The highest BCUT2D eigenvalue weighted by Gasteiger charge is 2.37. The molecule has 2 saturated heterocycles. The highest BCUT2D eigenvalue weighted by atomic mass is 16.5. The molecule has 3 fully saturated rings. The summed E-state index contributed by atoms with van der Waals surface area (Å²) < 4.78 is 11.4. The van der Waals surface area contributed by atoms with Crippen molar-refractivity contribution in [1.82, 2.24) is 25.3 Å². The second kappa shape index (κ2) is 7.76. The molecule has 1 N–H and O–H groups in total. The zero-order chi connectivity index (χ0) is 19.8. The predicted octanol–water partition coefficient (Wildman–Crippen LogP) is 2.48. The quantitative estimate of drug-likeness (QED) is 0.853. The van der Waals surface area contributed by atoms with Crippen molar-refractivity contribution in [3.8, 4) is 0 Å². The van der Waals surface area contributed by atoms with Crippen LogP contribution < -0.4 is 5.32 Å². The lowest BCUT2D eigenvalue weighted by molar-refractivity contribution is 0.0814. The Morgan fingerprint density at radius 3 is 2.79 bits per heavy atom. The van der Waals surface area contributed by atoms with E-state index in [9.17, 15) is 4.79 Å². The second-order valence-electron chi connectivity index (χ2n) is 8.25. The van der Waals surface area contributed by atoms with E-state index in [1.54, 1.807) is 0 Å². The van der Waals surface area contributed by atoms with Crippen LogP contribution in [0.4, 0.5) is 4.79 Å². The Kier molecular flexibility index (Phi) is 4.97. The van der Waals surface area contributed by atoms with Crippen LogP contribution in [0.3, 0.4) is 0 Å². The largest absolute Gasteiger partial charge is 0.371 e. The van der Waals surface area contributed by atoms with Gasteiger partial charge in [0.1, 0.15) is 12.1 Å². The van der Waals surface area contributed by atoms with Crippen molar-refractivity contribution in [1.29, 1.82) is 0 Å². The third-order valence-corrected chi connectivity index (χ3v) is 6.15. The van der Waals surface area contributed by atoms with E-state index in [4.69, 9.17) is 9.26 Å². The van der Waals surface area contributed by atoms with Crippen LogP contribution in [-0.4, -0.2) is 65.3 Å². The summed E-state index contributed by atoms with van der Waals surface area (Å²) in [5.74, 6) is 1.88. The highest BCUT2D eigenvalue weighted by Crippen LogP contribution is 2.39. The van der Waals surface area contributed by atoms with Gasteiger partial charge in [0, 0.05) is 32.2 Å². The number of carbonyl (C=O) groups is 1. The molecule has 2 aliphatic heterocycles. The number of rotatable bonds is 4. The van der Waals surface area contributed by atoms with Crippen LogP contribution in [0.15, 0.2) is 34.9 Å². The van der Waals surface area contributed by atoms with Crippen LogP contribution in [-0.2, 0) is 4.74 Å². The van der Waals surface area contributed by atoms with E-state index in [0.717, 1.165) is 37.2 Å². The molecule has 1 unspecified atom stereocenters. The summed E-state index contributed by atoms with van der Waals surface area (Å²) in [5, 5.41) is 7.33. The molecule has 0 radical (unpaired) electrons. The maximum absolute atomic E-state index is 13.0. The summed E-state index contributed by atoms with van der Waals surface area (Å²) in [7, 11) is 2.04. The number of hydrogen-bond donors (Lipinski definition) is 1. The minimum absolute atomic E-state index is 0.0205. The van der Waals surface area contributed by atoms with Gasteiger partial charge in [-0.05, 0) is 31.9 Å². The average Bonchev–Trinajstić information content (AvgIpc) is 3.29. The minimum atomic E-state index is -0.0968. The van der Waals surface area contributed by atoms with Crippen LogP contribution in [0.2, 0.25) is 0 Å². The van der Waals surface area contributed by atoms with Crippen LogP contribution in [0, 0.1) is 0 Å². The Labute approximate surface area is 170 Å². The standard InChI is InChI=1S/C21H27N5O3/c1-25-10-11-26(13-17(25)20-23-19(24-29-20)15-7-8-15)21(27)22-16-9-12-28-18(16)14-5-3-2-4-6-14/h2-6,15-18H,7-13H2,1H3,(H,22,27)/t16-,17?,18+/m1/s1. The van der Waals surface area contributed by atoms with Crippen molar-refractivity contribution in [2.24, 2.45) is 0 Å². The summed E-state index contributed by atoms with van der Waals surface area (Å²) in [6, 6.07) is 9.95. The van der Waals surface area contributed by atoms with Gasteiger partial charge in [0.05, 0.1) is 6.04 Å². The van der Waals surface area contributed by atoms with Gasteiger partial charge < -0.3 is 19.5 Å².